The summed E-state index contributed by atoms with van der Waals surface area (Å²) in [6.07, 6.45) is 3.01. The van der Waals surface area contributed by atoms with Crippen LogP contribution in [-0.2, 0) is 9.59 Å². The average molecular weight is 215 g/mol. The van der Waals surface area contributed by atoms with Crippen molar-refractivity contribution in [3.8, 4) is 0 Å². The summed E-state index contributed by atoms with van der Waals surface area (Å²) in [5.74, 6) is 0.0435. The van der Waals surface area contributed by atoms with Crippen molar-refractivity contribution in [3.05, 3.63) is 0 Å². The predicted octanol–water partition coefficient (Wildman–Crippen LogP) is -0.242. The molecule has 0 aliphatic carbocycles. The van der Waals surface area contributed by atoms with Crippen molar-refractivity contribution in [1.82, 2.24) is 10.6 Å². The van der Waals surface area contributed by atoms with E-state index in [1.165, 1.54) is 6.92 Å². The molecule has 5 nitrogen and oxygen atoms in total. The zero-order valence-corrected chi connectivity index (χ0v) is 9.34. The third kappa shape index (κ3) is 10.8. The molecule has 0 bridgehead atoms. The van der Waals surface area contributed by atoms with E-state index in [0.29, 0.717) is 26.1 Å². The van der Waals surface area contributed by atoms with Crippen LogP contribution in [0.1, 0.15) is 32.6 Å². The van der Waals surface area contributed by atoms with Crippen molar-refractivity contribution in [2.24, 2.45) is 5.73 Å². The molecule has 0 saturated carbocycles. The molecule has 4 N–H and O–H groups in total. The number of hydrogen-bond donors (Lipinski definition) is 3. The van der Waals surface area contributed by atoms with Gasteiger partial charge >= 0.3 is 0 Å². The van der Waals surface area contributed by atoms with Gasteiger partial charge in [0, 0.05) is 26.4 Å². The molecule has 0 aromatic carbocycles. The first-order valence-corrected chi connectivity index (χ1v) is 5.38. The Balaban J connectivity index is 3.16. The predicted molar refractivity (Wildman–Crippen MR) is 59.2 cm³/mol. The van der Waals surface area contributed by atoms with E-state index in [9.17, 15) is 9.59 Å². The van der Waals surface area contributed by atoms with Crippen molar-refractivity contribution in [2.75, 3.05) is 19.6 Å². The van der Waals surface area contributed by atoms with Crippen LogP contribution in [-0.4, -0.2) is 31.4 Å². The Kier molecular flexibility index (Phi) is 8.76. The van der Waals surface area contributed by atoms with Gasteiger partial charge < -0.3 is 16.4 Å². The largest absolute Gasteiger partial charge is 0.356 e. The fourth-order valence-corrected chi connectivity index (χ4v) is 1.09. The average Bonchev–Trinajstić information content (AvgIpc) is 2.19. The van der Waals surface area contributed by atoms with Crippen LogP contribution in [0.25, 0.3) is 0 Å². The zero-order valence-electron chi connectivity index (χ0n) is 9.34. The summed E-state index contributed by atoms with van der Waals surface area (Å²) in [7, 11) is 0. The van der Waals surface area contributed by atoms with Crippen LogP contribution < -0.4 is 16.4 Å². The molecule has 5 heteroatoms. The van der Waals surface area contributed by atoms with Crippen LogP contribution in [0.15, 0.2) is 0 Å². The van der Waals surface area contributed by atoms with Crippen LogP contribution in [0, 0.1) is 0 Å². The lowest BCUT2D eigenvalue weighted by molar-refractivity contribution is -0.121. The summed E-state index contributed by atoms with van der Waals surface area (Å²) in [5.41, 5.74) is 5.28. The monoisotopic (exact) mass is 215 g/mol. The molecule has 2 amide bonds. The van der Waals surface area contributed by atoms with E-state index in [-0.39, 0.29) is 11.8 Å². The highest BCUT2D eigenvalue weighted by atomic mass is 16.2. The Morgan fingerprint density at radius 3 is 2.20 bits per heavy atom. The topological polar surface area (TPSA) is 84.2 Å². The summed E-state index contributed by atoms with van der Waals surface area (Å²) in [6, 6.07) is 0. The van der Waals surface area contributed by atoms with Gasteiger partial charge in [0.25, 0.3) is 0 Å². The molecule has 15 heavy (non-hydrogen) atoms. The summed E-state index contributed by atoms with van der Waals surface area (Å²) in [5, 5.41) is 5.50. The molecule has 0 radical (unpaired) electrons. The SMILES string of the molecule is CC(=O)NCCCCNC(=O)CCCN. The van der Waals surface area contributed by atoms with Crippen molar-refractivity contribution in [2.45, 2.75) is 32.6 Å². The molecule has 0 unspecified atom stereocenters. The smallest absolute Gasteiger partial charge is 0.220 e. The van der Waals surface area contributed by atoms with Crippen molar-refractivity contribution in [1.29, 1.82) is 0 Å². The number of unbranched alkanes of at least 4 members (excludes halogenated alkanes) is 1. The van der Waals surface area contributed by atoms with E-state index < -0.39 is 0 Å². The van der Waals surface area contributed by atoms with Crippen LogP contribution in [0.5, 0.6) is 0 Å². The Morgan fingerprint density at radius 1 is 1.07 bits per heavy atom. The maximum absolute atomic E-state index is 11.1. The lowest BCUT2D eigenvalue weighted by Crippen LogP contribution is -2.26. The molecule has 0 spiro atoms. The van der Waals surface area contributed by atoms with Crippen molar-refractivity contribution in [3.63, 3.8) is 0 Å². The third-order valence-electron chi connectivity index (χ3n) is 1.91. The summed E-state index contributed by atoms with van der Waals surface area (Å²) in [6.45, 7) is 3.39. The molecule has 0 fully saturated rings. The summed E-state index contributed by atoms with van der Waals surface area (Å²) in [4.78, 5) is 21.6. The maximum atomic E-state index is 11.1. The van der Waals surface area contributed by atoms with Crippen LogP contribution in [0.3, 0.4) is 0 Å². The highest BCUT2D eigenvalue weighted by molar-refractivity contribution is 5.75. The Bertz CT molecular complexity index is 195. The van der Waals surface area contributed by atoms with Gasteiger partial charge in [-0.2, -0.15) is 0 Å². The number of rotatable bonds is 8. The molecule has 0 heterocycles. The van der Waals surface area contributed by atoms with Gasteiger partial charge in [-0.25, -0.2) is 0 Å². The van der Waals surface area contributed by atoms with Gasteiger partial charge in [0.05, 0.1) is 0 Å². The standard InChI is InChI=1S/C10H21N3O2/c1-9(14)12-7-2-3-8-13-10(15)5-4-6-11/h2-8,11H2,1H3,(H,12,14)(H,13,15). The molecule has 0 aliphatic rings. The lowest BCUT2D eigenvalue weighted by atomic mass is 10.2. The maximum Gasteiger partial charge on any atom is 0.220 e. The van der Waals surface area contributed by atoms with Crippen LogP contribution in [0.2, 0.25) is 0 Å². The van der Waals surface area contributed by atoms with E-state index in [1.807, 2.05) is 0 Å². The van der Waals surface area contributed by atoms with E-state index in [2.05, 4.69) is 10.6 Å². The number of carbonyl (C=O) groups is 2. The van der Waals surface area contributed by atoms with E-state index in [4.69, 9.17) is 5.73 Å². The van der Waals surface area contributed by atoms with Gasteiger partial charge in [0.15, 0.2) is 0 Å². The van der Waals surface area contributed by atoms with E-state index in [1.54, 1.807) is 0 Å². The second kappa shape index (κ2) is 9.45. The van der Waals surface area contributed by atoms with Gasteiger partial charge in [0.1, 0.15) is 0 Å². The molecule has 0 aromatic heterocycles. The number of amides is 2. The zero-order chi connectivity index (χ0) is 11.5. The Hall–Kier alpha value is -1.10. The molecule has 0 saturated heterocycles. The van der Waals surface area contributed by atoms with Gasteiger partial charge in [-0.15, -0.1) is 0 Å². The fourth-order valence-electron chi connectivity index (χ4n) is 1.09. The Labute approximate surface area is 90.8 Å². The van der Waals surface area contributed by atoms with E-state index in [0.717, 1.165) is 19.3 Å². The van der Waals surface area contributed by atoms with Gasteiger partial charge in [-0.1, -0.05) is 0 Å². The van der Waals surface area contributed by atoms with Gasteiger partial charge in [0.2, 0.25) is 11.8 Å². The number of hydrogen-bond acceptors (Lipinski definition) is 3. The quantitative estimate of drug-likeness (QED) is 0.488. The Morgan fingerprint density at radius 2 is 1.67 bits per heavy atom. The van der Waals surface area contributed by atoms with E-state index >= 15 is 0 Å². The molecule has 0 aliphatic heterocycles. The number of carbonyl (C=O) groups excluding carboxylic acids is 2. The van der Waals surface area contributed by atoms with Crippen LogP contribution in [0.4, 0.5) is 0 Å². The van der Waals surface area contributed by atoms with Crippen LogP contribution >= 0.6 is 0 Å². The molecule has 88 valence electrons. The highest BCUT2D eigenvalue weighted by Crippen LogP contribution is 1.88. The minimum absolute atomic E-state index is 0.0121. The van der Waals surface area contributed by atoms with Crippen molar-refractivity contribution >= 4 is 11.8 Å². The second-order valence-electron chi connectivity index (χ2n) is 3.43. The first-order chi connectivity index (χ1) is 7.16. The molecular formula is C10H21N3O2. The first-order valence-electron chi connectivity index (χ1n) is 5.38. The molecular weight excluding hydrogens is 194 g/mol. The fraction of sp³-hybridized carbons (Fsp3) is 0.800. The summed E-state index contributed by atoms with van der Waals surface area (Å²) >= 11 is 0. The lowest BCUT2D eigenvalue weighted by Gasteiger charge is -2.04. The minimum Gasteiger partial charge on any atom is -0.356 e. The van der Waals surface area contributed by atoms with Gasteiger partial charge in [-0.05, 0) is 25.8 Å². The minimum atomic E-state index is -0.0121. The van der Waals surface area contributed by atoms with Gasteiger partial charge in [-0.3, -0.25) is 9.59 Å². The molecule has 0 aromatic rings. The third-order valence-corrected chi connectivity index (χ3v) is 1.91. The highest BCUT2D eigenvalue weighted by Gasteiger charge is 1.98. The normalized spacial score (nSPS) is 9.73. The molecule has 0 atom stereocenters. The number of nitrogens with two attached hydrogens (primary N) is 1. The summed E-state index contributed by atoms with van der Waals surface area (Å²) < 4.78 is 0. The second-order valence-corrected chi connectivity index (χ2v) is 3.43. The first kappa shape index (κ1) is 13.9. The molecule has 0 rings (SSSR count). The van der Waals surface area contributed by atoms with Crippen molar-refractivity contribution < 1.29 is 9.59 Å². The number of nitrogens with one attached hydrogen (secondary N) is 2.